The number of rotatable bonds is 6. The number of fused-ring (bicyclic) bond motifs is 1. The number of hydrogen-bond acceptors (Lipinski definition) is 4. The van der Waals surface area contributed by atoms with Crippen LogP contribution in [0.5, 0.6) is 5.75 Å². The molecule has 7 heteroatoms. The van der Waals surface area contributed by atoms with Gasteiger partial charge >= 0.3 is 0 Å². The fraction of sp³-hybridized carbons (Fsp3) is 0.429. The average Bonchev–Trinajstić information content (AvgIpc) is 3.19. The highest BCUT2D eigenvalue weighted by atomic mass is 35.5. The van der Waals surface area contributed by atoms with E-state index in [1.165, 1.54) is 19.3 Å². The predicted molar refractivity (Wildman–Crippen MR) is 138 cm³/mol. The molecular formula is C28H32ClN3O3. The molecule has 3 heterocycles. The van der Waals surface area contributed by atoms with Crippen molar-refractivity contribution >= 4 is 34.2 Å². The maximum atomic E-state index is 13.6. The number of carbonyl (C=O) groups is 2. The summed E-state index contributed by atoms with van der Waals surface area (Å²) in [7, 11) is 1.91. The average molecular weight is 494 g/mol. The minimum Gasteiger partial charge on any atom is -0.487 e. The molecule has 0 bridgehead atoms. The Morgan fingerprint density at radius 2 is 1.63 bits per heavy atom. The van der Waals surface area contributed by atoms with Crippen molar-refractivity contribution in [2.45, 2.75) is 44.8 Å². The summed E-state index contributed by atoms with van der Waals surface area (Å²) in [6.45, 7) is 3.76. The number of carbonyl (C=O) groups excluding carboxylic acids is 2. The molecule has 0 spiro atoms. The lowest BCUT2D eigenvalue weighted by Gasteiger charge is -2.40. The molecule has 1 amide bonds. The van der Waals surface area contributed by atoms with Crippen molar-refractivity contribution in [1.82, 2.24) is 14.4 Å². The molecule has 6 nitrogen and oxygen atoms in total. The Bertz CT molecular complexity index is 1210. The molecule has 2 saturated heterocycles. The highest BCUT2D eigenvalue weighted by Crippen LogP contribution is 2.29. The molecule has 0 aliphatic carbocycles. The molecule has 0 atom stereocenters. The first-order chi connectivity index (χ1) is 17.0. The van der Waals surface area contributed by atoms with E-state index in [-0.39, 0.29) is 6.61 Å². The number of aryl methyl sites for hydroxylation is 1. The van der Waals surface area contributed by atoms with Crippen LogP contribution in [0.1, 0.15) is 48.2 Å². The van der Waals surface area contributed by atoms with Gasteiger partial charge in [-0.2, -0.15) is 0 Å². The fourth-order valence-corrected chi connectivity index (χ4v) is 5.65. The van der Waals surface area contributed by atoms with E-state index in [4.69, 9.17) is 16.3 Å². The van der Waals surface area contributed by atoms with Gasteiger partial charge in [0.2, 0.25) is 0 Å². The van der Waals surface area contributed by atoms with Crippen LogP contribution in [-0.4, -0.2) is 58.3 Å². The molecule has 0 saturated carbocycles. The SMILES string of the molecule is Cn1c(COc2ccc(Cl)cc2)c(C(=O)C(=O)N2CCC(N3CCCCC3)CC2)c2ccccc21. The second kappa shape index (κ2) is 10.4. The van der Waals surface area contributed by atoms with Crippen molar-refractivity contribution in [3.8, 4) is 5.75 Å². The van der Waals surface area contributed by atoms with Crippen LogP contribution in [0.15, 0.2) is 48.5 Å². The van der Waals surface area contributed by atoms with Crippen LogP contribution < -0.4 is 4.74 Å². The lowest BCUT2D eigenvalue weighted by atomic mass is 9.98. The number of piperidine rings is 2. The van der Waals surface area contributed by atoms with E-state index in [9.17, 15) is 9.59 Å². The molecule has 1 aromatic heterocycles. The second-order valence-electron chi connectivity index (χ2n) is 9.59. The molecule has 35 heavy (non-hydrogen) atoms. The summed E-state index contributed by atoms with van der Waals surface area (Å²) < 4.78 is 7.95. The fourth-order valence-electron chi connectivity index (χ4n) is 5.52. The Morgan fingerprint density at radius 3 is 2.34 bits per heavy atom. The molecule has 3 aromatic rings. The maximum absolute atomic E-state index is 13.6. The van der Waals surface area contributed by atoms with Crippen LogP contribution in [-0.2, 0) is 18.4 Å². The molecule has 2 aliphatic heterocycles. The van der Waals surface area contributed by atoms with Gasteiger partial charge in [-0.15, -0.1) is 0 Å². The number of halogens is 1. The van der Waals surface area contributed by atoms with E-state index in [1.807, 2.05) is 35.9 Å². The van der Waals surface area contributed by atoms with Gasteiger partial charge in [-0.05, 0) is 69.1 Å². The van der Waals surface area contributed by atoms with Crippen LogP contribution in [0.3, 0.4) is 0 Å². The number of Topliss-reactive ketones (excluding diaryl/α,β-unsaturated/α-hetero) is 1. The summed E-state index contributed by atoms with van der Waals surface area (Å²) in [6, 6.07) is 15.4. The third-order valence-electron chi connectivity index (χ3n) is 7.50. The Balaban J connectivity index is 1.35. The van der Waals surface area contributed by atoms with Crippen LogP contribution in [0, 0.1) is 0 Å². The zero-order chi connectivity index (χ0) is 24.4. The monoisotopic (exact) mass is 493 g/mol. The summed E-state index contributed by atoms with van der Waals surface area (Å²) in [5, 5.41) is 1.42. The second-order valence-corrected chi connectivity index (χ2v) is 10.0. The van der Waals surface area contributed by atoms with Gasteiger partial charge in [0.25, 0.3) is 11.7 Å². The van der Waals surface area contributed by atoms with E-state index in [2.05, 4.69) is 4.90 Å². The topological polar surface area (TPSA) is 54.8 Å². The minimum atomic E-state index is -0.451. The minimum absolute atomic E-state index is 0.179. The third kappa shape index (κ3) is 4.95. The number of hydrogen-bond donors (Lipinski definition) is 0. The lowest BCUT2D eigenvalue weighted by molar-refractivity contribution is -0.128. The lowest BCUT2D eigenvalue weighted by Crippen LogP contribution is -2.49. The first-order valence-corrected chi connectivity index (χ1v) is 12.9. The quantitative estimate of drug-likeness (QED) is 0.355. The zero-order valence-corrected chi connectivity index (χ0v) is 21.0. The number of amides is 1. The standard InChI is InChI=1S/C28H32ClN3O3/c1-30-24-8-4-3-7-23(24)26(25(30)19-35-22-11-9-20(29)10-12-22)27(33)28(34)32-17-13-21(14-18-32)31-15-5-2-6-16-31/h3-4,7-12,21H,2,5-6,13-19H2,1H3. The van der Waals surface area contributed by atoms with Crippen molar-refractivity contribution in [3.63, 3.8) is 0 Å². The Labute approximate surface area is 211 Å². The van der Waals surface area contributed by atoms with E-state index >= 15 is 0 Å². The molecule has 184 valence electrons. The van der Waals surface area contributed by atoms with Gasteiger partial charge in [-0.1, -0.05) is 36.2 Å². The largest absolute Gasteiger partial charge is 0.487 e. The number of ether oxygens (including phenoxy) is 1. The predicted octanol–water partition coefficient (Wildman–Crippen LogP) is 5.07. The summed E-state index contributed by atoms with van der Waals surface area (Å²) in [5.41, 5.74) is 2.05. The Hall–Kier alpha value is -2.83. The van der Waals surface area contributed by atoms with Gasteiger partial charge in [0.05, 0.1) is 11.3 Å². The first-order valence-electron chi connectivity index (χ1n) is 12.5. The first kappa shape index (κ1) is 23.9. The summed E-state index contributed by atoms with van der Waals surface area (Å²) in [4.78, 5) is 31.4. The van der Waals surface area contributed by atoms with E-state index in [0.29, 0.717) is 41.2 Å². The van der Waals surface area contributed by atoms with Crippen molar-refractivity contribution < 1.29 is 14.3 Å². The Morgan fingerprint density at radius 1 is 0.943 bits per heavy atom. The van der Waals surface area contributed by atoms with Crippen molar-refractivity contribution in [2.75, 3.05) is 26.2 Å². The number of likely N-dealkylation sites (tertiary alicyclic amines) is 2. The number of benzene rings is 2. The number of ketones is 1. The van der Waals surface area contributed by atoms with Crippen LogP contribution in [0.2, 0.25) is 5.02 Å². The third-order valence-corrected chi connectivity index (χ3v) is 7.75. The van der Waals surface area contributed by atoms with E-state index in [1.54, 1.807) is 29.2 Å². The summed E-state index contributed by atoms with van der Waals surface area (Å²) >= 11 is 5.99. The molecule has 0 unspecified atom stereocenters. The highest BCUT2D eigenvalue weighted by molar-refractivity contribution is 6.45. The molecular weight excluding hydrogens is 462 g/mol. The Kier molecular flexibility index (Phi) is 7.12. The number of para-hydroxylation sites is 1. The highest BCUT2D eigenvalue weighted by Gasteiger charge is 2.33. The van der Waals surface area contributed by atoms with Crippen LogP contribution in [0.4, 0.5) is 0 Å². The zero-order valence-electron chi connectivity index (χ0n) is 20.2. The van der Waals surface area contributed by atoms with Crippen LogP contribution >= 0.6 is 11.6 Å². The van der Waals surface area contributed by atoms with Gasteiger partial charge in [-0.3, -0.25) is 9.59 Å². The molecule has 5 rings (SSSR count). The van der Waals surface area contributed by atoms with Crippen molar-refractivity contribution in [2.24, 2.45) is 7.05 Å². The van der Waals surface area contributed by atoms with Gasteiger partial charge in [0.15, 0.2) is 0 Å². The van der Waals surface area contributed by atoms with Gasteiger partial charge in [-0.25, -0.2) is 0 Å². The smallest absolute Gasteiger partial charge is 0.295 e. The summed E-state index contributed by atoms with van der Waals surface area (Å²) in [5.74, 6) is -0.205. The molecule has 2 fully saturated rings. The van der Waals surface area contributed by atoms with Crippen molar-refractivity contribution in [3.05, 3.63) is 64.8 Å². The molecule has 0 radical (unpaired) electrons. The number of nitrogens with zero attached hydrogens (tertiary/aromatic N) is 3. The molecule has 2 aliphatic rings. The van der Waals surface area contributed by atoms with Gasteiger partial charge in [0.1, 0.15) is 12.4 Å². The number of aromatic nitrogens is 1. The van der Waals surface area contributed by atoms with Crippen molar-refractivity contribution in [1.29, 1.82) is 0 Å². The normalized spacial score (nSPS) is 17.6. The maximum Gasteiger partial charge on any atom is 0.295 e. The van der Waals surface area contributed by atoms with E-state index in [0.717, 1.165) is 36.8 Å². The molecule has 2 aromatic carbocycles. The van der Waals surface area contributed by atoms with Gasteiger partial charge < -0.3 is 19.1 Å². The van der Waals surface area contributed by atoms with E-state index < -0.39 is 11.7 Å². The van der Waals surface area contributed by atoms with Crippen LogP contribution in [0.25, 0.3) is 10.9 Å². The summed E-state index contributed by atoms with van der Waals surface area (Å²) in [6.07, 6.45) is 5.71. The van der Waals surface area contributed by atoms with Gasteiger partial charge in [0, 0.05) is 42.1 Å². The molecule has 0 N–H and O–H groups in total.